The molecule has 1 rings (SSSR count). The lowest BCUT2D eigenvalue weighted by Gasteiger charge is -2.12. The number of amides is 2. The smallest absolute Gasteiger partial charge is 0.332 e. The summed E-state index contributed by atoms with van der Waals surface area (Å²) in [4.78, 5) is 21.8. The second-order valence-corrected chi connectivity index (χ2v) is 4.28. The maximum Gasteiger partial charge on any atom is 0.332 e. The number of carbonyl (C=O) groups is 2. The monoisotopic (exact) mass is 262 g/mol. The van der Waals surface area contributed by atoms with E-state index in [0.717, 1.165) is 0 Å². The number of aliphatic carboxylic acids is 1. The highest BCUT2D eigenvalue weighted by Crippen LogP contribution is 2.18. The molecule has 96 valence electrons. The van der Waals surface area contributed by atoms with Gasteiger partial charge in [0.25, 0.3) is 0 Å². The third-order valence-electron chi connectivity index (χ3n) is 2.31. The van der Waals surface area contributed by atoms with E-state index in [2.05, 4.69) is 17.2 Å². The molecule has 2 atom stereocenters. The first-order chi connectivity index (χ1) is 7.99. The molecular formula is C10H15ClN2O4. The molecule has 2 amide bonds. The summed E-state index contributed by atoms with van der Waals surface area (Å²) in [6.45, 7) is 3.90. The Morgan fingerprint density at radius 3 is 2.65 bits per heavy atom. The predicted octanol–water partition coefficient (Wildman–Crippen LogP) is 0.670. The van der Waals surface area contributed by atoms with Crippen LogP contribution >= 0.6 is 11.6 Å². The second-order valence-electron chi connectivity index (χ2n) is 3.74. The minimum absolute atomic E-state index is 0.191. The quantitative estimate of drug-likeness (QED) is 0.680. The van der Waals surface area contributed by atoms with Crippen LogP contribution in [0.2, 0.25) is 0 Å². The van der Waals surface area contributed by atoms with Gasteiger partial charge in [0.2, 0.25) is 0 Å². The number of halogens is 1. The largest absolute Gasteiger partial charge is 0.479 e. The molecule has 0 saturated carbocycles. The Hall–Kier alpha value is -1.27. The average molecular weight is 263 g/mol. The molecule has 0 spiro atoms. The number of carboxylic acids is 1. The fraction of sp³-hybridized carbons (Fsp3) is 0.600. The zero-order valence-corrected chi connectivity index (χ0v) is 10.00. The first kappa shape index (κ1) is 13.8. The fourth-order valence-corrected chi connectivity index (χ4v) is 1.55. The predicted molar refractivity (Wildman–Crippen MR) is 61.9 cm³/mol. The minimum Gasteiger partial charge on any atom is -0.479 e. The van der Waals surface area contributed by atoms with Crippen molar-refractivity contribution in [2.75, 3.05) is 13.1 Å². The van der Waals surface area contributed by atoms with Gasteiger partial charge in [0, 0.05) is 11.6 Å². The van der Waals surface area contributed by atoms with Crippen molar-refractivity contribution < 1.29 is 19.4 Å². The van der Waals surface area contributed by atoms with Gasteiger partial charge >= 0.3 is 12.0 Å². The molecular weight excluding hydrogens is 248 g/mol. The molecule has 1 aliphatic heterocycles. The van der Waals surface area contributed by atoms with E-state index in [0.29, 0.717) is 17.9 Å². The highest BCUT2D eigenvalue weighted by Gasteiger charge is 2.30. The van der Waals surface area contributed by atoms with Crippen LogP contribution in [-0.4, -0.2) is 42.4 Å². The van der Waals surface area contributed by atoms with Gasteiger partial charge in [-0.15, -0.1) is 0 Å². The summed E-state index contributed by atoms with van der Waals surface area (Å²) < 4.78 is 5.21. The Morgan fingerprint density at radius 1 is 1.41 bits per heavy atom. The van der Waals surface area contributed by atoms with Crippen LogP contribution in [-0.2, 0) is 9.53 Å². The van der Waals surface area contributed by atoms with Gasteiger partial charge in [-0.05, 0) is 12.8 Å². The number of urea groups is 1. The number of ether oxygens (including phenoxy) is 1. The molecule has 0 aromatic heterocycles. The number of carbonyl (C=O) groups excluding carboxylic acids is 1. The van der Waals surface area contributed by atoms with Gasteiger partial charge in [-0.25, -0.2) is 9.59 Å². The highest BCUT2D eigenvalue weighted by molar-refractivity contribution is 6.29. The third kappa shape index (κ3) is 5.06. The van der Waals surface area contributed by atoms with Gasteiger partial charge < -0.3 is 20.5 Å². The molecule has 6 nitrogen and oxygen atoms in total. The molecule has 7 heteroatoms. The summed E-state index contributed by atoms with van der Waals surface area (Å²) in [5, 5.41) is 14.1. The summed E-state index contributed by atoms with van der Waals surface area (Å²) in [5.74, 6) is -0.963. The molecule has 1 aliphatic rings. The van der Waals surface area contributed by atoms with E-state index in [1.165, 1.54) is 0 Å². The van der Waals surface area contributed by atoms with Gasteiger partial charge in [0.15, 0.2) is 6.10 Å². The van der Waals surface area contributed by atoms with Crippen LogP contribution in [0.3, 0.4) is 0 Å². The maximum atomic E-state index is 11.2. The molecule has 17 heavy (non-hydrogen) atoms. The first-order valence-corrected chi connectivity index (χ1v) is 5.60. The van der Waals surface area contributed by atoms with Crippen molar-refractivity contribution >= 4 is 23.6 Å². The van der Waals surface area contributed by atoms with E-state index in [9.17, 15) is 9.59 Å². The molecule has 0 bridgehead atoms. The molecule has 0 aromatic carbocycles. The third-order valence-corrected chi connectivity index (χ3v) is 2.45. The van der Waals surface area contributed by atoms with E-state index >= 15 is 0 Å². The lowest BCUT2D eigenvalue weighted by atomic mass is 10.2. The van der Waals surface area contributed by atoms with Crippen molar-refractivity contribution in [1.29, 1.82) is 0 Å². The van der Waals surface area contributed by atoms with Gasteiger partial charge in [0.05, 0.1) is 12.6 Å². The van der Waals surface area contributed by atoms with Crippen molar-refractivity contribution in [3.63, 3.8) is 0 Å². The first-order valence-electron chi connectivity index (χ1n) is 5.22. The second kappa shape index (κ2) is 6.46. The standard InChI is InChI=1S/C10H15ClN2O4/c1-6(11)4-12-10(16)13-5-7-2-3-8(17-7)9(14)15/h7-8H,1-5H2,(H,14,15)(H2,12,13,16). The molecule has 1 saturated heterocycles. The van der Waals surface area contributed by atoms with Gasteiger partial charge in [-0.2, -0.15) is 0 Å². The van der Waals surface area contributed by atoms with Gasteiger partial charge in [-0.1, -0.05) is 18.2 Å². The normalized spacial score (nSPS) is 23.1. The summed E-state index contributed by atoms with van der Waals surface area (Å²) in [6.07, 6.45) is 0.0925. The average Bonchev–Trinajstić information content (AvgIpc) is 2.72. The topological polar surface area (TPSA) is 87.7 Å². The number of rotatable bonds is 5. The van der Waals surface area contributed by atoms with E-state index in [4.69, 9.17) is 21.4 Å². The fourth-order valence-electron chi connectivity index (χ4n) is 1.48. The molecule has 0 aromatic rings. The number of nitrogens with one attached hydrogen (secondary N) is 2. The number of hydrogen-bond acceptors (Lipinski definition) is 3. The van der Waals surface area contributed by atoms with Crippen LogP contribution in [0.4, 0.5) is 4.79 Å². The van der Waals surface area contributed by atoms with Crippen molar-refractivity contribution in [3.05, 3.63) is 11.6 Å². The summed E-state index contributed by atoms with van der Waals surface area (Å²) >= 11 is 5.48. The Balaban J connectivity index is 2.17. The van der Waals surface area contributed by atoms with Crippen LogP contribution in [0.1, 0.15) is 12.8 Å². The lowest BCUT2D eigenvalue weighted by molar-refractivity contribution is -0.149. The highest BCUT2D eigenvalue weighted by atomic mass is 35.5. The molecule has 2 unspecified atom stereocenters. The summed E-state index contributed by atoms with van der Waals surface area (Å²) in [7, 11) is 0. The van der Waals surface area contributed by atoms with Crippen molar-refractivity contribution in [2.24, 2.45) is 0 Å². The van der Waals surface area contributed by atoms with Crippen molar-refractivity contribution in [3.8, 4) is 0 Å². The SMILES string of the molecule is C=C(Cl)CNC(=O)NCC1CCC(C(=O)O)O1. The van der Waals surface area contributed by atoms with E-state index in [1.807, 2.05) is 0 Å². The molecule has 0 aliphatic carbocycles. The van der Waals surface area contributed by atoms with Crippen molar-refractivity contribution in [1.82, 2.24) is 10.6 Å². The Morgan fingerprint density at radius 2 is 2.12 bits per heavy atom. The number of carboxylic acid groups (broad SMARTS) is 1. The van der Waals surface area contributed by atoms with Crippen molar-refractivity contribution in [2.45, 2.75) is 25.0 Å². The number of hydrogen-bond donors (Lipinski definition) is 3. The summed E-state index contributed by atoms with van der Waals surface area (Å²) in [6, 6.07) is -0.380. The summed E-state index contributed by atoms with van der Waals surface area (Å²) in [5.41, 5.74) is 0. The van der Waals surface area contributed by atoms with Crippen LogP contribution in [0, 0.1) is 0 Å². The zero-order chi connectivity index (χ0) is 12.8. The Bertz CT molecular complexity index is 321. The van der Waals surface area contributed by atoms with E-state index in [1.54, 1.807) is 0 Å². The van der Waals surface area contributed by atoms with Crippen LogP contribution in [0.5, 0.6) is 0 Å². The molecule has 1 heterocycles. The van der Waals surface area contributed by atoms with E-state index in [-0.39, 0.29) is 25.2 Å². The lowest BCUT2D eigenvalue weighted by Crippen LogP contribution is -2.40. The Kier molecular flexibility index (Phi) is 5.24. The maximum absolute atomic E-state index is 11.2. The van der Waals surface area contributed by atoms with Gasteiger partial charge in [-0.3, -0.25) is 0 Å². The van der Waals surface area contributed by atoms with Crippen LogP contribution < -0.4 is 10.6 Å². The van der Waals surface area contributed by atoms with Crippen LogP contribution in [0.15, 0.2) is 11.6 Å². The van der Waals surface area contributed by atoms with Gasteiger partial charge in [0.1, 0.15) is 0 Å². The molecule has 3 N–H and O–H groups in total. The zero-order valence-electron chi connectivity index (χ0n) is 9.24. The van der Waals surface area contributed by atoms with Crippen LogP contribution in [0.25, 0.3) is 0 Å². The van der Waals surface area contributed by atoms with E-state index < -0.39 is 12.1 Å². The molecule has 0 radical (unpaired) electrons. The Labute approximate surface area is 104 Å². The molecule has 1 fully saturated rings. The minimum atomic E-state index is -0.963.